The van der Waals surface area contributed by atoms with Gasteiger partial charge < -0.3 is 16.0 Å². The molecule has 7 nitrogen and oxygen atoms in total. The molecule has 0 saturated heterocycles. The van der Waals surface area contributed by atoms with Gasteiger partial charge in [-0.3, -0.25) is 4.79 Å². The lowest BCUT2D eigenvalue weighted by molar-refractivity contribution is 0.102. The fourth-order valence-corrected chi connectivity index (χ4v) is 3.68. The van der Waals surface area contributed by atoms with Crippen molar-refractivity contribution in [2.75, 3.05) is 16.0 Å². The predicted molar refractivity (Wildman–Crippen MR) is 131 cm³/mol. The fourth-order valence-electron chi connectivity index (χ4n) is 3.36. The topological polar surface area (TPSA) is 88.1 Å². The number of anilines is 3. The van der Waals surface area contributed by atoms with Crippen molar-refractivity contribution in [3.05, 3.63) is 107 Å². The van der Waals surface area contributed by atoms with Crippen molar-refractivity contribution in [3.63, 3.8) is 0 Å². The standard InChI is InChI=1S/C25H22ClN5O2/c1-17-22(23(26)31(30-17)16-18-9-4-2-5-10-18)24(32)27-20-13-8-14-21(15-20)29-25(33)28-19-11-6-3-7-12-19/h2-15H,16H2,1H3,(H,27,32)(H2,28,29,33). The van der Waals surface area contributed by atoms with E-state index in [-0.39, 0.29) is 17.1 Å². The molecule has 0 saturated carbocycles. The second kappa shape index (κ2) is 10.0. The van der Waals surface area contributed by atoms with Crippen LogP contribution in [0.4, 0.5) is 21.9 Å². The van der Waals surface area contributed by atoms with E-state index < -0.39 is 0 Å². The number of para-hydroxylation sites is 1. The van der Waals surface area contributed by atoms with Gasteiger partial charge in [-0.05, 0) is 42.8 Å². The molecule has 1 heterocycles. The molecule has 3 N–H and O–H groups in total. The number of nitrogens with zero attached hydrogens (tertiary/aromatic N) is 2. The Hall–Kier alpha value is -4.10. The molecule has 0 spiro atoms. The van der Waals surface area contributed by atoms with Gasteiger partial charge >= 0.3 is 6.03 Å². The maximum absolute atomic E-state index is 12.9. The molecule has 0 bridgehead atoms. The molecule has 0 fully saturated rings. The normalized spacial score (nSPS) is 10.5. The smallest absolute Gasteiger partial charge is 0.322 e. The van der Waals surface area contributed by atoms with Gasteiger partial charge in [0, 0.05) is 17.1 Å². The van der Waals surface area contributed by atoms with E-state index in [1.807, 2.05) is 48.5 Å². The van der Waals surface area contributed by atoms with Crippen molar-refractivity contribution in [2.45, 2.75) is 13.5 Å². The molecule has 0 aliphatic heterocycles. The molecule has 8 heteroatoms. The largest absolute Gasteiger partial charge is 0.323 e. The Kier molecular flexibility index (Phi) is 6.71. The number of nitrogens with one attached hydrogen (secondary N) is 3. The summed E-state index contributed by atoms with van der Waals surface area (Å²) in [6.45, 7) is 2.21. The van der Waals surface area contributed by atoms with Crippen LogP contribution in [0.3, 0.4) is 0 Å². The number of carbonyl (C=O) groups is 2. The minimum absolute atomic E-state index is 0.269. The molecule has 166 valence electrons. The summed E-state index contributed by atoms with van der Waals surface area (Å²) in [6.07, 6.45) is 0. The van der Waals surface area contributed by atoms with Crippen LogP contribution in [0.25, 0.3) is 0 Å². The average molecular weight is 460 g/mol. The molecule has 0 radical (unpaired) electrons. The first-order valence-corrected chi connectivity index (χ1v) is 10.7. The Morgan fingerprint density at radius 2 is 1.39 bits per heavy atom. The molecule has 0 unspecified atom stereocenters. The molecule has 4 rings (SSSR count). The summed E-state index contributed by atoms with van der Waals surface area (Å²) in [5.74, 6) is -0.373. The third-order valence-electron chi connectivity index (χ3n) is 4.88. The Labute approximate surface area is 196 Å². The SMILES string of the molecule is Cc1nn(Cc2ccccc2)c(Cl)c1C(=O)Nc1cccc(NC(=O)Nc2ccccc2)c1. The monoisotopic (exact) mass is 459 g/mol. The van der Waals surface area contributed by atoms with Gasteiger partial charge in [0.15, 0.2) is 0 Å². The van der Waals surface area contributed by atoms with Crippen molar-refractivity contribution in [1.29, 1.82) is 0 Å². The maximum Gasteiger partial charge on any atom is 0.323 e. The molecule has 3 aromatic carbocycles. The zero-order chi connectivity index (χ0) is 23.2. The van der Waals surface area contributed by atoms with E-state index in [2.05, 4.69) is 21.0 Å². The number of urea groups is 1. The Morgan fingerprint density at radius 3 is 2.09 bits per heavy atom. The highest BCUT2D eigenvalue weighted by Crippen LogP contribution is 2.23. The van der Waals surface area contributed by atoms with Crippen LogP contribution < -0.4 is 16.0 Å². The van der Waals surface area contributed by atoms with Gasteiger partial charge in [-0.2, -0.15) is 5.10 Å². The third kappa shape index (κ3) is 5.58. The van der Waals surface area contributed by atoms with E-state index in [1.165, 1.54) is 0 Å². The number of aryl methyl sites for hydroxylation is 1. The second-order valence-electron chi connectivity index (χ2n) is 7.37. The lowest BCUT2D eigenvalue weighted by Gasteiger charge is -2.10. The van der Waals surface area contributed by atoms with E-state index in [0.717, 1.165) is 5.56 Å². The first kappa shape index (κ1) is 22.1. The Morgan fingerprint density at radius 1 is 0.818 bits per heavy atom. The van der Waals surface area contributed by atoms with Crippen molar-refractivity contribution < 1.29 is 9.59 Å². The van der Waals surface area contributed by atoms with Crippen molar-refractivity contribution in [2.24, 2.45) is 0 Å². The third-order valence-corrected chi connectivity index (χ3v) is 5.26. The molecule has 0 aliphatic carbocycles. The van der Waals surface area contributed by atoms with Gasteiger partial charge in [0.05, 0.1) is 17.8 Å². The summed E-state index contributed by atoms with van der Waals surface area (Å²) in [4.78, 5) is 25.2. The number of rotatable bonds is 6. The first-order valence-electron chi connectivity index (χ1n) is 10.3. The minimum atomic E-state index is -0.384. The van der Waals surface area contributed by atoms with Crippen LogP contribution in [-0.2, 0) is 6.54 Å². The minimum Gasteiger partial charge on any atom is -0.322 e. The van der Waals surface area contributed by atoms with E-state index in [1.54, 1.807) is 48.0 Å². The lowest BCUT2D eigenvalue weighted by atomic mass is 10.2. The van der Waals surface area contributed by atoms with Gasteiger partial charge in [-0.1, -0.05) is 66.2 Å². The van der Waals surface area contributed by atoms with Crippen molar-refractivity contribution in [1.82, 2.24) is 9.78 Å². The van der Waals surface area contributed by atoms with Crippen LogP contribution in [0.1, 0.15) is 21.6 Å². The molecule has 1 aromatic heterocycles. The van der Waals surface area contributed by atoms with Crippen LogP contribution in [-0.4, -0.2) is 21.7 Å². The van der Waals surface area contributed by atoms with Crippen LogP contribution in [0.5, 0.6) is 0 Å². The summed E-state index contributed by atoms with van der Waals surface area (Å²) in [5.41, 5.74) is 3.60. The predicted octanol–water partition coefficient (Wildman–Crippen LogP) is 5.79. The van der Waals surface area contributed by atoms with Crippen LogP contribution in [0, 0.1) is 6.92 Å². The summed E-state index contributed by atoms with van der Waals surface area (Å²) in [5, 5.41) is 13.0. The summed E-state index contributed by atoms with van der Waals surface area (Å²) in [6, 6.07) is 25.4. The molecular weight excluding hydrogens is 438 g/mol. The Bertz CT molecular complexity index is 1270. The number of carbonyl (C=O) groups excluding carboxylic acids is 2. The number of aromatic nitrogens is 2. The van der Waals surface area contributed by atoms with Crippen LogP contribution in [0.15, 0.2) is 84.9 Å². The first-order chi connectivity index (χ1) is 16.0. The van der Waals surface area contributed by atoms with Gasteiger partial charge in [0.25, 0.3) is 5.91 Å². The zero-order valence-corrected chi connectivity index (χ0v) is 18.6. The van der Waals surface area contributed by atoms with E-state index in [0.29, 0.717) is 34.9 Å². The van der Waals surface area contributed by atoms with E-state index in [9.17, 15) is 9.59 Å². The van der Waals surface area contributed by atoms with Gasteiger partial charge in [-0.15, -0.1) is 0 Å². The molecule has 33 heavy (non-hydrogen) atoms. The summed E-state index contributed by atoms with van der Waals surface area (Å²) in [7, 11) is 0. The molecule has 0 atom stereocenters. The quantitative estimate of drug-likeness (QED) is 0.341. The van der Waals surface area contributed by atoms with Crippen LogP contribution >= 0.6 is 11.6 Å². The van der Waals surface area contributed by atoms with Gasteiger partial charge in [0.2, 0.25) is 0 Å². The number of hydrogen-bond donors (Lipinski definition) is 3. The fraction of sp³-hybridized carbons (Fsp3) is 0.0800. The molecule has 0 aliphatic rings. The molecule has 4 aromatic rings. The highest BCUT2D eigenvalue weighted by molar-refractivity contribution is 6.33. The lowest BCUT2D eigenvalue weighted by Crippen LogP contribution is -2.19. The maximum atomic E-state index is 12.9. The zero-order valence-electron chi connectivity index (χ0n) is 17.9. The molecule has 3 amide bonds. The average Bonchev–Trinajstić information content (AvgIpc) is 3.08. The van der Waals surface area contributed by atoms with Crippen molar-refractivity contribution in [3.8, 4) is 0 Å². The number of amides is 3. The van der Waals surface area contributed by atoms with Crippen molar-refractivity contribution >= 4 is 40.6 Å². The summed E-state index contributed by atoms with van der Waals surface area (Å²) < 4.78 is 1.60. The van der Waals surface area contributed by atoms with Gasteiger partial charge in [-0.25, -0.2) is 9.48 Å². The Balaban J connectivity index is 1.44. The van der Waals surface area contributed by atoms with Crippen LogP contribution in [0.2, 0.25) is 5.15 Å². The number of benzene rings is 3. The highest BCUT2D eigenvalue weighted by atomic mass is 35.5. The number of halogens is 1. The summed E-state index contributed by atoms with van der Waals surface area (Å²) >= 11 is 6.49. The highest BCUT2D eigenvalue weighted by Gasteiger charge is 2.20. The van der Waals surface area contributed by atoms with Gasteiger partial charge in [0.1, 0.15) is 5.15 Å². The van der Waals surface area contributed by atoms with E-state index >= 15 is 0 Å². The molecular formula is C25H22ClN5O2. The number of hydrogen-bond acceptors (Lipinski definition) is 3. The van der Waals surface area contributed by atoms with E-state index in [4.69, 9.17) is 11.6 Å². The second-order valence-corrected chi connectivity index (χ2v) is 7.73.